The summed E-state index contributed by atoms with van der Waals surface area (Å²) in [5, 5.41) is 3.13. The normalized spacial score (nSPS) is 10.2. The predicted molar refractivity (Wildman–Crippen MR) is 67.2 cm³/mol. The summed E-state index contributed by atoms with van der Waals surface area (Å²) in [6.07, 6.45) is 2.07. The number of nitrogens with two attached hydrogens (primary N) is 1. The summed E-state index contributed by atoms with van der Waals surface area (Å²) in [7, 11) is 0. The van der Waals surface area contributed by atoms with Crippen LogP contribution in [0.5, 0.6) is 0 Å². The Balaban J connectivity index is 1.83. The van der Waals surface area contributed by atoms with Crippen LogP contribution in [0.4, 0.5) is 15.9 Å². The molecule has 1 heterocycles. The van der Waals surface area contributed by atoms with Crippen LogP contribution in [0.25, 0.3) is 0 Å². The van der Waals surface area contributed by atoms with Gasteiger partial charge in [0.2, 0.25) is 0 Å². The number of nitrogens with one attached hydrogen (secondary N) is 1. The van der Waals surface area contributed by atoms with Crippen LogP contribution in [-0.4, -0.2) is 11.5 Å². The van der Waals surface area contributed by atoms with E-state index in [9.17, 15) is 4.39 Å². The highest BCUT2D eigenvalue weighted by atomic mass is 19.1. The zero-order chi connectivity index (χ0) is 12.1. The topological polar surface area (TPSA) is 50.9 Å². The fourth-order valence-corrected chi connectivity index (χ4v) is 1.50. The molecule has 88 valence electrons. The molecule has 0 spiro atoms. The van der Waals surface area contributed by atoms with Crippen LogP contribution in [0.1, 0.15) is 5.56 Å². The lowest BCUT2D eigenvalue weighted by Crippen LogP contribution is -2.06. The van der Waals surface area contributed by atoms with Gasteiger partial charge in [-0.25, -0.2) is 9.37 Å². The van der Waals surface area contributed by atoms with Crippen LogP contribution in [0.2, 0.25) is 0 Å². The van der Waals surface area contributed by atoms with Gasteiger partial charge in [0.1, 0.15) is 11.6 Å². The first-order chi connectivity index (χ1) is 8.24. The van der Waals surface area contributed by atoms with E-state index >= 15 is 0 Å². The molecule has 0 aliphatic rings. The molecule has 0 aliphatic carbocycles. The SMILES string of the molecule is Nc1ccc(CCNc2ccc(F)cn2)cc1. The molecule has 0 radical (unpaired) electrons. The summed E-state index contributed by atoms with van der Waals surface area (Å²) < 4.78 is 12.6. The fourth-order valence-electron chi connectivity index (χ4n) is 1.50. The number of nitrogens with zero attached hydrogens (tertiary/aromatic N) is 1. The van der Waals surface area contributed by atoms with Crippen molar-refractivity contribution in [1.29, 1.82) is 0 Å². The van der Waals surface area contributed by atoms with Gasteiger partial charge in [-0.2, -0.15) is 0 Å². The Bertz CT molecular complexity index is 420. The van der Waals surface area contributed by atoms with Gasteiger partial charge >= 0.3 is 0 Å². The molecule has 3 N–H and O–H groups in total. The van der Waals surface area contributed by atoms with Crippen molar-refractivity contribution in [2.75, 3.05) is 17.6 Å². The lowest BCUT2D eigenvalue weighted by molar-refractivity contribution is 0.621. The van der Waals surface area contributed by atoms with Gasteiger partial charge in [0.05, 0.1) is 6.20 Å². The number of rotatable bonds is 4. The second-order valence-corrected chi connectivity index (χ2v) is 3.78. The first-order valence-corrected chi connectivity index (χ1v) is 5.44. The van der Waals surface area contributed by atoms with Gasteiger partial charge in [0, 0.05) is 12.2 Å². The van der Waals surface area contributed by atoms with Crippen molar-refractivity contribution in [3.05, 3.63) is 54.0 Å². The zero-order valence-electron chi connectivity index (χ0n) is 9.36. The molecular formula is C13H14FN3. The van der Waals surface area contributed by atoms with Gasteiger partial charge in [0.15, 0.2) is 0 Å². The van der Waals surface area contributed by atoms with Gasteiger partial charge in [-0.3, -0.25) is 0 Å². The Kier molecular flexibility index (Phi) is 3.55. The van der Waals surface area contributed by atoms with E-state index < -0.39 is 0 Å². The monoisotopic (exact) mass is 231 g/mol. The van der Waals surface area contributed by atoms with Gasteiger partial charge in [0.25, 0.3) is 0 Å². The van der Waals surface area contributed by atoms with Crippen LogP contribution in [0, 0.1) is 5.82 Å². The van der Waals surface area contributed by atoms with E-state index in [-0.39, 0.29) is 5.82 Å². The summed E-state index contributed by atoms with van der Waals surface area (Å²) in [6.45, 7) is 0.753. The largest absolute Gasteiger partial charge is 0.399 e. The molecule has 0 atom stereocenters. The highest BCUT2D eigenvalue weighted by molar-refractivity contribution is 5.40. The standard InChI is InChI=1S/C13H14FN3/c14-11-3-6-13(17-9-11)16-8-7-10-1-4-12(15)5-2-10/h1-6,9H,7-8,15H2,(H,16,17). The van der Waals surface area contributed by atoms with Gasteiger partial charge in [-0.05, 0) is 36.2 Å². The first-order valence-electron chi connectivity index (χ1n) is 5.44. The highest BCUT2D eigenvalue weighted by Gasteiger charge is 1.96. The predicted octanol–water partition coefficient (Wildman–Crippen LogP) is 2.46. The Morgan fingerprint density at radius 3 is 2.53 bits per heavy atom. The summed E-state index contributed by atoms with van der Waals surface area (Å²) in [4.78, 5) is 3.92. The Morgan fingerprint density at radius 2 is 1.88 bits per heavy atom. The molecule has 0 bridgehead atoms. The van der Waals surface area contributed by atoms with E-state index in [0.717, 1.165) is 18.7 Å². The Labute approximate surface area is 99.5 Å². The third-order valence-electron chi connectivity index (χ3n) is 2.43. The maximum atomic E-state index is 12.6. The Hall–Kier alpha value is -2.10. The van der Waals surface area contributed by atoms with E-state index in [1.165, 1.54) is 17.8 Å². The van der Waals surface area contributed by atoms with E-state index in [0.29, 0.717) is 5.82 Å². The van der Waals surface area contributed by atoms with Crippen molar-refractivity contribution in [2.45, 2.75) is 6.42 Å². The molecule has 2 aromatic rings. The number of hydrogen-bond acceptors (Lipinski definition) is 3. The smallest absolute Gasteiger partial charge is 0.141 e. The van der Waals surface area contributed by atoms with Crippen molar-refractivity contribution in [1.82, 2.24) is 4.98 Å². The molecule has 1 aromatic heterocycles. The number of benzene rings is 1. The molecule has 4 heteroatoms. The van der Waals surface area contributed by atoms with E-state index in [1.54, 1.807) is 6.07 Å². The van der Waals surface area contributed by atoms with Crippen LogP contribution < -0.4 is 11.1 Å². The number of anilines is 2. The minimum absolute atomic E-state index is 0.325. The molecule has 0 saturated carbocycles. The van der Waals surface area contributed by atoms with Crippen LogP contribution in [0.15, 0.2) is 42.6 Å². The number of halogens is 1. The van der Waals surface area contributed by atoms with E-state index in [1.807, 2.05) is 24.3 Å². The second-order valence-electron chi connectivity index (χ2n) is 3.78. The highest BCUT2D eigenvalue weighted by Crippen LogP contribution is 2.07. The molecule has 0 fully saturated rings. The quantitative estimate of drug-likeness (QED) is 0.795. The van der Waals surface area contributed by atoms with Gasteiger partial charge in [-0.15, -0.1) is 0 Å². The zero-order valence-corrected chi connectivity index (χ0v) is 9.36. The third kappa shape index (κ3) is 3.45. The average molecular weight is 231 g/mol. The van der Waals surface area contributed by atoms with Gasteiger partial charge in [-0.1, -0.05) is 12.1 Å². The maximum Gasteiger partial charge on any atom is 0.141 e. The summed E-state index contributed by atoms with van der Waals surface area (Å²) in [5.41, 5.74) is 7.57. The van der Waals surface area contributed by atoms with E-state index in [4.69, 9.17) is 5.73 Å². The van der Waals surface area contributed by atoms with Crippen molar-refractivity contribution in [3.8, 4) is 0 Å². The van der Waals surface area contributed by atoms with Crippen LogP contribution in [-0.2, 0) is 6.42 Å². The second kappa shape index (κ2) is 5.30. The van der Waals surface area contributed by atoms with E-state index in [2.05, 4.69) is 10.3 Å². The summed E-state index contributed by atoms with van der Waals surface area (Å²) >= 11 is 0. The van der Waals surface area contributed by atoms with Crippen molar-refractivity contribution in [3.63, 3.8) is 0 Å². The molecule has 1 aromatic carbocycles. The number of pyridine rings is 1. The lowest BCUT2D eigenvalue weighted by atomic mass is 10.1. The number of aromatic nitrogens is 1. The molecule has 0 aliphatic heterocycles. The molecule has 0 amide bonds. The fraction of sp³-hybridized carbons (Fsp3) is 0.154. The Morgan fingerprint density at radius 1 is 1.12 bits per heavy atom. The summed E-state index contributed by atoms with van der Waals surface area (Å²) in [5.74, 6) is 0.357. The third-order valence-corrected chi connectivity index (χ3v) is 2.43. The lowest BCUT2D eigenvalue weighted by Gasteiger charge is -2.05. The maximum absolute atomic E-state index is 12.6. The molecule has 2 rings (SSSR count). The number of hydrogen-bond donors (Lipinski definition) is 2. The van der Waals surface area contributed by atoms with Crippen molar-refractivity contribution < 1.29 is 4.39 Å². The van der Waals surface area contributed by atoms with Crippen molar-refractivity contribution in [2.24, 2.45) is 0 Å². The van der Waals surface area contributed by atoms with Crippen LogP contribution in [0.3, 0.4) is 0 Å². The molecule has 0 unspecified atom stereocenters. The van der Waals surface area contributed by atoms with Crippen LogP contribution >= 0.6 is 0 Å². The minimum atomic E-state index is -0.325. The van der Waals surface area contributed by atoms with Crippen molar-refractivity contribution >= 4 is 11.5 Å². The average Bonchev–Trinajstić information content (AvgIpc) is 2.34. The minimum Gasteiger partial charge on any atom is -0.399 e. The summed E-state index contributed by atoms with van der Waals surface area (Å²) in [6, 6.07) is 10.8. The number of nitrogen functional groups attached to an aromatic ring is 1. The molecule has 3 nitrogen and oxygen atoms in total. The first kappa shape index (κ1) is 11.4. The van der Waals surface area contributed by atoms with Gasteiger partial charge < -0.3 is 11.1 Å². The molecular weight excluding hydrogens is 217 g/mol. The molecule has 17 heavy (non-hydrogen) atoms. The molecule has 0 saturated heterocycles.